The number of nitrogens with zero attached hydrogens (tertiary/aromatic N) is 1. The first-order chi connectivity index (χ1) is 12.6. The average Bonchev–Trinajstić information content (AvgIpc) is 3.17. The number of nitrogens with one attached hydrogen (secondary N) is 2. The predicted octanol–water partition coefficient (Wildman–Crippen LogP) is 3.18. The maximum absolute atomic E-state index is 12.6. The average molecular weight is 351 g/mol. The van der Waals surface area contributed by atoms with Gasteiger partial charge in [-0.05, 0) is 61.7 Å². The Kier molecular flexibility index (Phi) is 4.24. The van der Waals surface area contributed by atoms with Gasteiger partial charge in [-0.15, -0.1) is 0 Å². The number of aryl methyl sites for hydroxylation is 1. The lowest BCUT2D eigenvalue weighted by Gasteiger charge is -2.20. The van der Waals surface area contributed by atoms with Gasteiger partial charge in [-0.2, -0.15) is 0 Å². The quantitative estimate of drug-likeness (QED) is 0.891. The molecule has 4 rings (SSSR count). The summed E-state index contributed by atoms with van der Waals surface area (Å²) in [5.41, 5.74) is 4.01. The summed E-state index contributed by atoms with van der Waals surface area (Å²) >= 11 is 0. The molecule has 0 aromatic heterocycles. The number of rotatable bonds is 3. The van der Waals surface area contributed by atoms with Crippen LogP contribution in [0.4, 0.5) is 17.1 Å². The molecule has 2 amide bonds. The third-order valence-electron chi connectivity index (χ3n) is 4.80. The van der Waals surface area contributed by atoms with Gasteiger partial charge in [0.25, 0.3) is 11.8 Å². The van der Waals surface area contributed by atoms with E-state index >= 15 is 0 Å². The van der Waals surface area contributed by atoms with Crippen molar-refractivity contribution in [1.82, 2.24) is 0 Å². The highest BCUT2D eigenvalue weighted by molar-refractivity contribution is 6.06. The molecule has 1 fully saturated rings. The minimum absolute atomic E-state index is 0.00110. The molecule has 2 heterocycles. The van der Waals surface area contributed by atoms with E-state index in [2.05, 4.69) is 27.7 Å². The largest absolute Gasteiger partial charge is 0.482 e. The molecule has 0 atom stereocenters. The van der Waals surface area contributed by atoms with Gasteiger partial charge in [0.1, 0.15) is 5.75 Å². The van der Waals surface area contributed by atoms with E-state index in [1.807, 2.05) is 13.0 Å². The second-order valence-corrected chi connectivity index (χ2v) is 6.70. The molecule has 2 N–H and O–H groups in total. The van der Waals surface area contributed by atoms with Gasteiger partial charge in [0.15, 0.2) is 6.61 Å². The fraction of sp³-hybridized carbons (Fsp3) is 0.300. The summed E-state index contributed by atoms with van der Waals surface area (Å²) in [4.78, 5) is 26.4. The SMILES string of the molecule is Cc1cc(N2CCCC2)ccc1NC(=O)c1ccc2c(c1)NC(=O)CO2. The maximum Gasteiger partial charge on any atom is 0.262 e. The Morgan fingerprint density at radius 1 is 1.15 bits per heavy atom. The Bertz CT molecular complexity index is 873. The molecule has 0 radical (unpaired) electrons. The van der Waals surface area contributed by atoms with E-state index in [1.54, 1.807) is 18.2 Å². The number of carbonyl (C=O) groups is 2. The molecular formula is C20H21N3O3. The van der Waals surface area contributed by atoms with Crippen molar-refractivity contribution >= 4 is 28.9 Å². The van der Waals surface area contributed by atoms with Gasteiger partial charge in [0.05, 0.1) is 5.69 Å². The minimum Gasteiger partial charge on any atom is -0.482 e. The zero-order chi connectivity index (χ0) is 18.1. The van der Waals surface area contributed by atoms with Gasteiger partial charge in [-0.25, -0.2) is 0 Å². The molecule has 2 aromatic carbocycles. The zero-order valence-corrected chi connectivity index (χ0v) is 14.7. The van der Waals surface area contributed by atoms with E-state index < -0.39 is 0 Å². The van der Waals surface area contributed by atoms with Crippen LogP contribution >= 0.6 is 0 Å². The molecule has 0 unspecified atom stereocenters. The van der Waals surface area contributed by atoms with Gasteiger partial charge in [-0.3, -0.25) is 9.59 Å². The summed E-state index contributed by atoms with van der Waals surface area (Å²) in [6.07, 6.45) is 2.46. The van der Waals surface area contributed by atoms with E-state index in [4.69, 9.17) is 4.74 Å². The van der Waals surface area contributed by atoms with Crippen LogP contribution in [-0.2, 0) is 4.79 Å². The Morgan fingerprint density at radius 2 is 1.96 bits per heavy atom. The molecule has 2 aliphatic rings. The lowest BCUT2D eigenvalue weighted by atomic mass is 10.1. The Balaban J connectivity index is 1.51. The van der Waals surface area contributed by atoms with Crippen LogP contribution in [0.1, 0.15) is 28.8 Å². The molecule has 2 aliphatic heterocycles. The number of fused-ring (bicyclic) bond motifs is 1. The normalized spacial score (nSPS) is 15.9. The second-order valence-electron chi connectivity index (χ2n) is 6.70. The van der Waals surface area contributed by atoms with Crippen LogP contribution < -0.4 is 20.3 Å². The molecule has 0 aliphatic carbocycles. The van der Waals surface area contributed by atoms with Gasteiger partial charge < -0.3 is 20.3 Å². The standard InChI is InChI=1S/C20H21N3O3/c1-13-10-15(23-8-2-3-9-23)5-6-16(13)22-20(25)14-4-7-18-17(11-14)21-19(24)12-26-18/h4-7,10-11H,2-3,8-9,12H2,1H3,(H,21,24)(H,22,25). The summed E-state index contributed by atoms with van der Waals surface area (Å²) in [5, 5.41) is 5.67. The van der Waals surface area contributed by atoms with Crippen molar-refractivity contribution in [3.8, 4) is 5.75 Å². The molecule has 1 saturated heterocycles. The van der Waals surface area contributed by atoms with Gasteiger partial charge in [-0.1, -0.05) is 0 Å². The topological polar surface area (TPSA) is 70.7 Å². The highest BCUT2D eigenvalue weighted by atomic mass is 16.5. The third kappa shape index (κ3) is 3.22. The van der Waals surface area contributed by atoms with E-state index in [-0.39, 0.29) is 18.4 Å². The molecule has 6 heteroatoms. The van der Waals surface area contributed by atoms with Crippen molar-refractivity contribution in [2.45, 2.75) is 19.8 Å². The van der Waals surface area contributed by atoms with Crippen LogP contribution in [0.2, 0.25) is 0 Å². The van der Waals surface area contributed by atoms with Crippen molar-refractivity contribution in [2.24, 2.45) is 0 Å². The Hall–Kier alpha value is -3.02. The van der Waals surface area contributed by atoms with Crippen LogP contribution in [0.25, 0.3) is 0 Å². The fourth-order valence-electron chi connectivity index (χ4n) is 3.38. The second kappa shape index (κ2) is 6.71. The number of carbonyl (C=O) groups excluding carboxylic acids is 2. The number of amides is 2. The summed E-state index contributed by atoms with van der Waals surface area (Å²) in [5.74, 6) is 0.139. The Morgan fingerprint density at radius 3 is 2.73 bits per heavy atom. The first-order valence-electron chi connectivity index (χ1n) is 8.84. The molecule has 0 saturated carbocycles. The first kappa shape index (κ1) is 16.4. The first-order valence-corrected chi connectivity index (χ1v) is 8.84. The summed E-state index contributed by atoms with van der Waals surface area (Å²) in [6.45, 7) is 4.18. The maximum atomic E-state index is 12.6. The Labute approximate surface area is 152 Å². The van der Waals surface area contributed by atoms with Gasteiger partial charge >= 0.3 is 0 Å². The van der Waals surface area contributed by atoms with Crippen molar-refractivity contribution in [2.75, 3.05) is 35.2 Å². The number of anilines is 3. The van der Waals surface area contributed by atoms with Crippen LogP contribution in [0.15, 0.2) is 36.4 Å². The zero-order valence-electron chi connectivity index (χ0n) is 14.7. The van der Waals surface area contributed by atoms with Crippen LogP contribution in [0.3, 0.4) is 0 Å². The molecule has 2 aromatic rings. The van der Waals surface area contributed by atoms with E-state index in [1.165, 1.54) is 18.5 Å². The minimum atomic E-state index is -0.219. The number of hydrogen-bond acceptors (Lipinski definition) is 4. The van der Waals surface area contributed by atoms with Crippen molar-refractivity contribution in [3.05, 3.63) is 47.5 Å². The predicted molar refractivity (Wildman–Crippen MR) is 101 cm³/mol. The number of ether oxygens (including phenoxy) is 1. The third-order valence-corrected chi connectivity index (χ3v) is 4.80. The van der Waals surface area contributed by atoms with E-state index in [9.17, 15) is 9.59 Å². The molecule has 6 nitrogen and oxygen atoms in total. The smallest absolute Gasteiger partial charge is 0.262 e. The lowest BCUT2D eigenvalue weighted by Crippen LogP contribution is -2.25. The van der Waals surface area contributed by atoms with Crippen molar-refractivity contribution < 1.29 is 14.3 Å². The molecule has 0 spiro atoms. The van der Waals surface area contributed by atoms with Crippen molar-refractivity contribution in [1.29, 1.82) is 0 Å². The number of hydrogen-bond donors (Lipinski definition) is 2. The molecular weight excluding hydrogens is 330 g/mol. The highest BCUT2D eigenvalue weighted by Crippen LogP contribution is 2.29. The molecule has 26 heavy (non-hydrogen) atoms. The highest BCUT2D eigenvalue weighted by Gasteiger charge is 2.18. The van der Waals surface area contributed by atoms with Crippen LogP contribution in [-0.4, -0.2) is 31.5 Å². The van der Waals surface area contributed by atoms with E-state index in [0.717, 1.165) is 24.3 Å². The van der Waals surface area contributed by atoms with Gasteiger partial charge in [0.2, 0.25) is 0 Å². The molecule has 134 valence electrons. The molecule has 0 bridgehead atoms. The monoisotopic (exact) mass is 351 g/mol. The van der Waals surface area contributed by atoms with E-state index in [0.29, 0.717) is 17.0 Å². The summed E-state index contributed by atoms with van der Waals surface area (Å²) < 4.78 is 5.32. The summed E-state index contributed by atoms with van der Waals surface area (Å²) in [7, 11) is 0. The number of benzene rings is 2. The van der Waals surface area contributed by atoms with Crippen molar-refractivity contribution in [3.63, 3.8) is 0 Å². The lowest BCUT2D eigenvalue weighted by molar-refractivity contribution is -0.118. The fourth-order valence-corrected chi connectivity index (χ4v) is 3.38. The van der Waals surface area contributed by atoms with Gasteiger partial charge in [0, 0.05) is 30.0 Å². The summed E-state index contributed by atoms with van der Waals surface area (Å²) in [6, 6.07) is 11.1. The van der Waals surface area contributed by atoms with Crippen LogP contribution in [0, 0.1) is 6.92 Å². The van der Waals surface area contributed by atoms with Crippen LogP contribution in [0.5, 0.6) is 5.75 Å².